The van der Waals surface area contributed by atoms with Crippen LogP contribution >= 0.6 is 0 Å². The van der Waals surface area contributed by atoms with Gasteiger partial charge in [-0.25, -0.2) is 4.98 Å². The molecule has 120 valence electrons. The molecule has 1 fully saturated rings. The molecule has 23 heavy (non-hydrogen) atoms. The maximum Gasteiger partial charge on any atom is 0.237 e. The highest BCUT2D eigenvalue weighted by Crippen LogP contribution is 2.17. The van der Waals surface area contributed by atoms with E-state index in [1.54, 1.807) is 18.4 Å². The summed E-state index contributed by atoms with van der Waals surface area (Å²) in [4.78, 5) is 18.7. The van der Waals surface area contributed by atoms with Crippen LogP contribution in [-0.4, -0.2) is 45.1 Å². The number of aromatic amines is 1. The van der Waals surface area contributed by atoms with Crippen molar-refractivity contribution >= 4 is 5.91 Å². The Kier molecular flexibility index (Phi) is 4.74. The zero-order chi connectivity index (χ0) is 16.1. The summed E-state index contributed by atoms with van der Waals surface area (Å²) in [7, 11) is 0. The number of H-pyrrole nitrogens is 1. The Morgan fingerprint density at radius 3 is 3.26 bits per heavy atom. The first kappa shape index (κ1) is 15.3. The van der Waals surface area contributed by atoms with Gasteiger partial charge >= 0.3 is 0 Å². The predicted molar refractivity (Wildman–Crippen MR) is 84.0 cm³/mol. The van der Waals surface area contributed by atoms with Crippen molar-refractivity contribution in [3.05, 3.63) is 24.2 Å². The summed E-state index contributed by atoms with van der Waals surface area (Å²) in [5, 5.41) is 9.78. The standard InChI is InChI=1S/C16H19N5O2/c1-2-8-21-9-4-3-6-12(21)16(22)17-11-14-18-15(20-19-14)13-7-5-10-23-13/h1,5,7,10,12H,3-4,6,8-9,11H2,(H,17,22)(H,18,19,20)/t12-/m1/s1. The summed E-state index contributed by atoms with van der Waals surface area (Å²) in [5.74, 6) is 4.26. The highest BCUT2D eigenvalue weighted by Gasteiger charge is 2.27. The van der Waals surface area contributed by atoms with E-state index in [4.69, 9.17) is 10.8 Å². The minimum Gasteiger partial charge on any atom is -0.461 e. The number of carbonyl (C=O) groups excluding carboxylic acids is 1. The fraction of sp³-hybridized carbons (Fsp3) is 0.438. The third-order valence-electron chi connectivity index (χ3n) is 3.91. The van der Waals surface area contributed by atoms with Crippen LogP contribution in [0.15, 0.2) is 22.8 Å². The molecule has 1 amide bonds. The number of amides is 1. The topological polar surface area (TPSA) is 87.1 Å². The van der Waals surface area contributed by atoms with Gasteiger partial charge in [-0.2, -0.15) is 0 Å². The normalized spacial score (nSPS) is 18.5. The number of piperidine rings is 1. The van der Waals surface area contributed by atoms with E-state index in [0.717, 1.165) is 25.8 Å². The van der Waals surface area contributed by atoms with Crippen LogP contribution < -0.4 is 5.32 Å². The Balaban J connectivity index is 1.57. The van der Waals surface area contributed by atoms with Crippen LogP contribution in [0.4, 0.5) is 0 Å². The van der Waals surface area contributed by atoms with E-state index in [0.29, 0.717) is 30.5 Å². The molecule has 0 unspecified atom stereocenters. The van der Waals surface area contributed by atoms with Crippen molar-refractivity contribution in [2.24, 2.45) is 0 Å². The predicted octanol–water partition coefficient (Wildman–Crippen LogP) is 1.17. The molecular weight excluding hydrogens is 294 g/mol. The summed E-state index contributed by atoms with van der Waals surface area (Å²) >= 11 is 0. The molecule has 7 heteroatoms. The molecule has 0 aromatic carbocycles. The van der Waals surface area contributed by atoms with Crippen LogP contribution in [0.3, 0.4) is 0 Å². The Morgan fingerprint density at radius 2 is 2.48 bits per heavy atom. The van der Waals surface area contributed by atoms with E-state index in [-0.39, 0.29) is 11.9 Å². The molecule has 2 aromatic heterocycles. The van der Waals surface area contributed by atoms with Gasteiger partial charge in [0.05, 0.1) is 25.4 Å². The van der Waals surface area contributed by atoms with Crippen LogP contribution in [0.1, 0.15) is 25.1 Å². The van der Waals surface area contributed by atoms with Crippen molar-refractivity contribution in [2.45, 2.75) is 31.8 Å². The summed E-state index contributed by atoms with van der Waals surface area (Å²) in [6.07, 6.45) is 9.91. The molecule has 0 spiro atoms. The Labute approximate surface area is 134 Å². The number of rotatable bonds is 5. The lowest BCUT2D eigenvalue weighted by Crippen LogP contribution is -2.49. The van der Waals surface area contributed by atoms with Crippen molar-refractivity contribution in [1.82, 2.24) is 25.4 Å². The summed E-state index contributed by atoms with van der Waals surface area (Å²) in [6, 6.07) is 3.40. The lowest BCUT2D eigenvalue weighted by molar-refractivity contribution is -0.127. The third kappa shape index (κ3) is 3.60. The van der Waals surface area contributed by atoms with Gasteiger partial charge in [0.2, 0.25) is 11.7 Å². The molecule has 1 saturated heterocycles. The second-order valence-corrected chi connectivity index (χ2v) is 5.49. The van der Waals surface area contributed by atoms with Crippen molar-refractivity contribution < 1.29 is 9.21 Å². The minimum absolute atomic E-state index is 0.0177. The van der Waals surface area contributed by atoms with Crippen molar-refractivity contribution in [3.8, 4) is 23.9 Å². The summed E-state index contributed by atoms with van der Waals surface area (Å²) in [6.45, 7) is 1.67. The lowest BCUT2D eigenvalue weighted by atomic mass is 10.0. The van der Waals surface area contributed by atoms with Gasteiger partial charge in [-0.1, -0.05) is 12.3 Å². The van der Waals surface area contributed by atoms with Gasteiger partial charge in [0.15, 0.2) is 5.76 Å². The van der Waals surface area contributed by atoms with Crippen molar-refractivity contribution in [1.29, 1.82) is 0 Å². The van der Waals surface area contributed by atoms with Crippen molar-refractivity contribution in [3.63, 3.8) is 0 Å². The maximum absolute atomic E-state index is 12.4. The van der Waals surface area contributed by atoms with E-state index in [1.165, 1.54) is 0 Å². The number of aromatic nitrogens is 3. The van der Waals surface area contributed by atoms with Crippen LogP contribution in [0.2, 0.25) is 0 Å². The number of terminal acetylenes is 1. The molecular formula is C16H19N5O2. The molecule has 0 saturated carbocycles. The Morgan fingerprint density at radius 1 is 1.57 bits per heavy atom. The van der Waals surface area contributed by atoms with Crippen LogP contribution in [0.25, 0.3) is 11.6 Å². The molecule has 2 aromatic rings. The molecule has 2 N–H and O–H groups in total. The van der Waals surface area contributed by atoms with Crippen LogP contribution in [0.5, 0.6) is 0 Å². The number of hydrogen-bond donors (Lipinski definition) is 2. The van der Waals surface area contributed by atoms with Gasteiger partial charge in [0.1, 0.15) is 5.82 Å². The highest BCUT2D eigenvalue weighted by molar-refractivity contribution is 5.81. The van der Waals surface area contributed by atoms with E-state index < -0.39 is 0 Å². The second kappa shape index (κ2) is 7.11. The first-order valence-electron chi connectivity index (χ1n) is 7.68. The molecule has 3 heterocycles. The Bertz CT molecular complexity index is 686. The highest BCUT2D eigenvalue weighted by atomic mass is 16.3. The van der Waals surface area contributed by atoms with E-state index >= 15 is 0 Å². The van der Waals surface area contributed by atoms with E-state index in [9.17, 15) is 4.79 Å². The first-order valence-corrected chi connectivity index (χ1v) is 7.68. The molecule has 1 atom stereocenters. The van der Waals surface area contributed by atoms with Gasteiger partial charge in [-0.3, -0.25) is 14.8 Å². The summed E-state index contributed by atoms with van der Waals surface area (Å²) in [5.41, 5.74) is 0. The molecule has 3 rings (SSSR count). The number of likely N-dealkylation sites (tertiary alicyclic amines) is 1. The number of furan rings is 1. The Hall–Kier alpha value is -2.59. The molecule has 1 aliphatic heterocycles. The average molecular weight is 313 g/mol. The van der Waals surface area contributed by atoms with Crippen molar-refractivity contribution in [2.75, 3.05) is 13.1 Å². The minimum atomic E-state index is -0.160. The van der Waals surface area contributed by atoms with Crippen LogP contribution in [-0.2, 0) is 11.3 Å². The first-order chi connectivity index (χ1) is 11.3. The number of carbonyl (C=O) groups is 1. The van der Waals surface area contributed by atoms with Gasteiger partial charge in [-0.05, 0) is 31.5 Å². The van der Waals surface area contributed by atoms with E-state index in [1.807, 2.05) is 4.90 Å². The van der Waals surface area contributed by atoms with Gasteiger partial charge in [0, 0.05) is 0 Å². The van der Waals surface area contributed by atoms with Crippen LogP contribution in [0, 0.1) is 12.3 Å². The molecule has 0 radical (unpaired) electrons. The van der Waals surface area contributed by atoms with Gasteiger partial charge in [0.25, 0.3) is 0 Å². The van der Waals surface area contributed by atoms with Gasteiger partial charge in [-0.15, -0.1) is 11.5 Å². The maximum atomic E-state index is 12.4. The zero-order valence-electron chi connectivity index (χ0n) is 12.8. The second-order valence-electron chi connectivity index (χ2n) is 5.49. The SMILES string of the molecule is C#CCN1CCCC[C@@H]1C(=O)NCc1nc(-c2ccco2)n[nH]1. The number of hydrogen-bond acceptors (Lipinski definition) is 5. The smallest absolute Gasteiger partial charge is 0.237 e. The lowest BCUT2D eigenvalue weighted by Gasteiger charge is -2.33. The largest absolute Gasteiger partial charge is 0.461 e. The summed E-state index contributed by atoms with van der Waals surface area (Å²) < 4.78 is 5.24. The quantitative estimate of drug-likeness (QED) is 0.809. The third-order valence-corrected chi connectivity index (χ3v) is 3.91. The molecule has 0 bridgehead atoms. The number of nitrogens with zero attached hydrogens (tertiary/aromatic N) is 3. The molecule has 7 nitrogen and oxygen atoms in total. The van der Waals surface area contributed by atoms with Gasteiger partial charge < -0.3 is 9.73 Å². The fourth-order valence-electron chi connectivity index (χ4n) is 2.77. The molecule has 0 aliphatic carbocycles. The fourth-order valence-corrected chi connectivity index (χ4v) is 2.77. The zero-order valence-corrected chi connectivity index (χ0v) is 12.8. The average Bonchev–Trinajstić information content (AvgIpc) is 3.24. The number of nitrogens with one attached hydrogen (secondary N) is 2. The van der Waals surface area contributed by atoms with E-state index in [2.05, 4.69) is 26.4 Å². The molecule has 1 aliphatic rings. The monoisotopic (exact) mass is 313 g/mol.